The first-order valence-electron chi connectivity index (χ1n) is 10.7. The molecule has 0 aliphatic carbocycles. The maximum atomic E-state index is 13.3. The molecule has 2 atom stereocenters. The number of amides is 2. The van der Waals surface area contributed by atoms with Gasteiger partial charge in [0.25, 0.3) is 0 Å². The number of thioether (sulfide) groups is 1. The van der Waals surface area contributed by atoms with E-state index in [-0.39, 0.29) is 30.2 Å². The predicted octanol–water partition coefficient (Wildman–Crippen LogP) is 7.26. The maximum absolute atomic E-state index is 13.3. The monoisotopic (exact) mass is 548 g/mol. The van der Waals surface area contributed by atoms with E-state index in [9.17, 15) is 9.59 Å². The van der Waals surface area contributed by atoms with Gasteiger partial charge in [0.2, 0.25) is 11.8 Å². The quantitative estimate of drug-likeness (QED) is 0.321. The maximum Gasteiger partial charge on any atom is 0.243 e. The van der Waals surface area contributed by atoms with E-state index < -0.39 is 6.04 Å². The molecule has 9 heteroatoms. The highest BCUT2D eigenvalue weighted by Crippen LogP contribution is 2.26. The molecule has 2 amide bonds. The Kier molecular flexibility index (Phi) is 11.7. The van der Waals surface area contributed by atoms with Gasteiger partial charge < -0.3 is 10.2 Å². The SMILES string of the molecule is CC[C@@H](C)NC(=O)[C@@H](CC)N(Cc1ccc(Cl)c(Cl)c1)C(=O)CSCc1ccc(Cl)cc1Cl. The van der Waals surface area contributed by atoms with Crippen molar-refractivity contribution in [1.29, 1.82) is 0 Å². The van der Waals surface area contributed by atoms with Crippen molar-refractivity contribution < 1.29 is 9.59 Å². The summed E-state index contributed by atoms with van der Waals surface area (Å²) in [5.74, 6) is 0.458. The van der Waals surface area contributed by atoms with E-state index in [1.807, 2.05) is 32.9 Å². The molecule has 0 unspecified atom stereocenters. The number of rotatable bonds is 11. The van der Waals surface area contributed by atoms with E-state index in [0.717, 1.165) is 17.5 Å². The predicted molar refractivity (Wildman–Crippen MR) is 142 cm³/mol. The minimum absolute atomic E-state index is 0.0231. The van der Waals surface area contributed by atoms with Crippen molar-refractivity contribution in [1.82, 2.24) is 10.2 Å². The van der Waals surface area contributed by atoms with Crippen LogP contribution in [0.25, 0.3) is 0 Å². The highest BCUT2D eigenvalue weighted by Gasteiger charge is 2.29. The third-order valence-electron chi connectivity index (χ3n) is 5.22. The average molecular weight is 550 g/mol. The van der Waals surface area contributed by atoms with Crippen molar-refractivity contribution in [3.63, 3.8) is 0 Å². The number of halogens is 4. The van der Waals surface area contributed by atoms with Crippen LogP contribution in [0.1, 0.15) is 44.7 Å². The third kappa shape index (κ3) is 8.56. The number of carbonyl (C=O) groups is 2. The Balaban J connectivity index is 2.18. The highest BCUT2D eigenvalue weighted by atomic mass is 35.5. The molecule has 4 nitrogen and oxygen atoms in total. The Labute approximate surface area is 220 Å². The van der Waals surface area contributed by atoms with Gasteiger partial charge in [-0.05, 0) is 55.2 Å². The summed E-state index contributed by atoms with van der Waals surface area (Å²) >= 11 is 25.9. The normalized spacial score (nSPS) is 12.8. The van der Waals surface area contributed by atoms with Crippen LogP contribution in [0, 0.1) is 0 Å². The van der Waals surface area contributed by atoms with Crippen molar-refractivity contribution in [2.24, 2.45) is 0 Å². The van der Waals surface area contributed by atoms with Gasteiger partial charge in [0.05, 0.1) is 15.8 Å². The minimum atomic E-state index is -0.597. The van der Waals surface area contributed by atoms with Gasteiger partial charge in [-0.1, -0.05) is 72.4 Å². The lowest BCUT2D eigenvalue weighted by Crippen LogP contribution is -2.51. The van der Waals surface area contributed by atoms with Gasteiger partial charge in [-0.3, -0.25) is 9.59 Å². The summed E-state index contributed by atoms with van der Waals surface area (Å²) in [5.41, 5.74) is 1.70. The summed E-state index contributed by atoms with van der Waals surface area (Å²) in [5, 5.41) is 4.98. The Morgan fingerprint density at radius 1 is 0.970 bits per heavy atom. The zero-order valence-corrected chi connectivity index (χ0v) is 22.7. The second kappa shape index (κ2) is 13.7. The van der Waals surface area contributed by atoms with Crippen LogP contribution in [0.4, 0.5) is 0 Å². The largest absolute Gasteiger partial charge is 0.352 e. The standard InChI is InChI=1S/C24H28Cl4N2O2S/c1-4-15(3)29-24(32)22(5-2)30(12-16-6-9-19(26)21(28)10-16)23(31)14-33-13-17-7-8-18(25)11-20(17)27/h6-11,15,22H,4-5,12-14H2,1-3H3,(H,29,32)/t15-,22-/m1/s1. The molecule has 0 aromatic heterocycles. The fourth-order valence-corrected chi connectivity index (χ4v) is 4.95. The molecule has 0 bridgehead atoms. The lowest BCUT2D eigenvalue weighted by atomic mass is 10.1. The fraction of sp³-hybridized carbons (Fsp3) is 0.417. The number of hydrogen-bond donors (Lipinski definition) is 1. The molecular weight excluding hydrogens is 522 g/mol. The van der Waals surface area contributed by atoms with Crippen LogP contribution in [0.2, 0.25) is 20.1 Å². The summed E-state index contributed by atoms with van der Waals surface area (Å²) in [6.45, 7) is 6.10. The number of hydrogen-bond acceptors (Lipinski definition) is 3. The topological polar surface area (TPSA) is 49.4 Å². The van der Waals surface area contributed by atoms with E-state index in [1.54, 1.807) is 29.2 Å². The molecule has 0 saturated carbocycles. The molecule has 0 heterocycles. The van der Waals surface area contributed by atoms with Gasteiger partial charge in [-0.2, -0.15) is 0 Å². The average Bonchev–Trinajstić information content (AvgIpc) is 2.77. The van der Waals surface area contributed by atoms with E-state index in [1.165, 1.54) is 11.8 Å². The molecular formula is C24H28Cl4N2O2S. The van der Waals surface area contributed by atoms with Gasteiger partial charge in [0.1, 0.15) is 6.04 Å². The van der Waals surface area contributed by atoms with E-state index >= 15 is 0 Å². The Bertz CT molecular complexity index is 973. The molecule has 2 aromatic rings. The van der Waals surface area contributed by atoms with Gasteiger partial charge in [-0.25, -0.2) is 0 Å². The van der Waals surface area contributed by atoms with Gasteiger partial charge in [0.15, 0.2) is 0 Å². The van der Waals surface area contributed by atoms with Crippen LogP contribution in [0.15, 0.2) is 36.4 Å². The van der Waals surface area contributed by atoms with Crippen LogP contribution in [0.5, 0.6) is 0 Å². The number of nitrogens with one attached hydrogen (secondary N) is 1. The second-order valence-corrected chi connectivity index (χ2v) is 10.4. The summed E-state index contributed by atoms with van der Waals surface area (Å²) in [4.78, 5) is 27.9. The summed E-state index contributed by atoms with van der Waals surface area (Å²) in [6, 6.07) is 9.97. The highest BCUT2D eigenvalue weighted by molar-refractivity contribution is 7.99. The first-order valence-corrected chi connectivity index (χ1v) is 13.4. The van der Waals surface area contributed by atoms with Crippen LogP contribution >= 0.6 is 58.2 Å². The molecule has 2 aromatic carbocycles. The molecule has 0 fully saturated rings. The summed E-state index contributed by atoms with van der Waals surface area (Å²) in [7, 11) is 0. The third-order valence-corrected chi connectivity index (χ3v) is 7.51. The van der Waals surface area contributed by atoms with Crippen molar-refractivity contribution in [2.75, 3.05) is 5.75 Å². The van der Waals surface area contributed by atoms with Crippen LogP contribution in [-0.4, -0.2) is 34.6 Å². The minimum Gasteiger partial charge on any atom is -0.352 e. The number of benzene rings is 2. The summed E-state index contributed by atoms with van der Waals surface area (Å²) < 4.78 is 0. The first-order chi connectivity index (χ1) is 15.7. The molecule has 0 aliphatic heterocycles. The lowest BCUT2D eigenvalue weighted by Gasteiger charge is -2.31. The lowest BCUT2D eigenvalue weighted by molar-refractivity contribution is -0.139. The molecule has 0 spiro atoms. The van der Waals surface area contributed by atoms with Gasteiger partial charge in [0, 0.05) is 28.4 Å². The molecule has 2 rings (SSSR count). The molecule has 180 valence electrons. The molecule has 0 aliphatic rings. The second-order valence-electron chi connectivity index (χ2n) is 7.74. The van der Waals surface area contributed by atoms with Crippen molar-refractivity contribution >= 4 is 70.0 Å². The van der Waals surface area contributed by atoms with Crippen molar-refractivity contribution in [2.45, 2.75) is 58.0 Å². The zero-order valence-electron chi connectivity index (χ0n) is 18.8. The van der Waals surface area contributed by atoms with E-state index in [0.29, 0.717) is 32.3 Å². The Morgan fingerprint density at radius 3 is 2.30 bits per heavy atom. The smallest absolute Gasteiger partial charge is 0.243 e. The Hall–Kier alpha value is -1.11. The molecule has 1 N–H and O–H groups in total. The van der Waals surface area contributed by atoms with E-state index in [2.05, 4.69) is 5.32 Å². The van der Waals surface area contributed by atoms with Gasteiger partial charge >= 0.3 is 0 Å². The first kappa shape index (κ1) is 28.1. The van der Waals surface area contributed by atoms with Crippen LogP contribution in [0.3, 0.4) is 0 Å². The number of nitrogens with zero attached hydrogens (tertiary/aromatic N) is 1. The van der Waals surface area contributed by atoms with Crippen LogP contribution in [-0.2, 0) is 21.9 Å². The fourth-order valence-electron chi connectivity index (χ4n) is 3.17. The number of carbonyl (C=O) groups excluding carboxylic acids is 2. The van der Waals surface area contributed by atoms with Crippen molar-refractivity contribution in [3.05, 3.63) is 67.6 Å². The Morgan fingerprint density at radius 2 is 1.70 bits per heavy atom. The van der Waals surface area contributed by atoms with Gasteiger partial charge in [-0.15, -0.1) is 11.8 Å². The zero-order chi connectivity index (χ0) is 24.5. The van der Waals surface area contributed by atoms with Crippen molar-refractivity contribution in [3.8, 4) is 0 Å². The van der Waals surface area contributed by atoms with E-state index in [4.69, 9.17) is 46.4 Å². The molecule has 0 radical (unpaired) electrons. The summed E-state index contributed by atoms with van der Waals surface area (Å²) in [6.07, 6.45) is 1.30. The molecule has 0 saturated heterocycles. The molecule has 33 heavy (non-hydrogen) atoms. The van der Waals surface area contributed by atoms with Crippen LogP contribution < -0.4 is 5.32 Å².